The minimum atomic E-state index is 0.0162. The molecule has 5 heteroatoms. The van der Waals surface area contributed by atoms with Crippen molar-refractivity contribution >= 4 is 33.1 Å². The van der Waals surface area contributed by atoms with Crippen molar-refractivity contribution in [1.82, 2.24) is 9.88 Å². The molecular formula is C14H15N3OS. The topological polar surface area (TPSA) is 59.2 Å². The highest BCUT2D eigenvalue weighted by Crippen LogP contribution is 2.33. The Balaban J connectivity index is 2.02. The zero-order valence-corrected chi connectivity index (χ0v) is 11.5. The van der Waals surface area contributed by atoms with Gasteiger partial charge in [0.05, 0.1) is 5.69 Å². The first kappa shape index (κ1) is 12.2. The summed E-state index contributed by atoms with van der Waals surface area (Å²) >= 11 is 1.39. The van der Waals surface area contributed by atoms with E-state index in [1.165, 1.54) is 11.3 Å². The molecule has 19 heavy (non-hydrogen) atoms. The fourth-order valence-electron chi connectivity index (χ4n) is 2.22. The number of hydrogen-bond acceptors (Lipinski definition) is 4. The van der Waals surface area contributed by atoms with Crippen molar-refractivity contribution in [3.63, 3.8) is 0 Å². The number of amides is 1. The summed E-state index contributed by atoms with van der Waals surface area (Å²) in [5.74, 6) is 0.0162. The number of nitrogens with zero attached hydrogens (tertiary/aromatic N) is 2. The number of nitrogens with two attached hydrogens (primary N) is 1. The van der Waals surface area contributed by atoms with E-state index in [9.17, 15) is 4.79 Å². The number of aromatic nitrogens is 1. The molecule has 0 saturated heterocycles. The van der Waals surface area contributed by atoms with Gasteiger partial charge in [-0.05, 0) is 25.5 Å². The third-order valence-electron chi connectivity index (χ3n) is 3.27. The molecule has 98 valence electrons. The van der Waals surface area contributed by atoms with Crippen LogP contribution in [-0.2, 0) is 0 Å². The summed E-state index contributed by atoms with van der Waals surface area (Å²) in [6, 6.07) is 3.86. The Morgan fingerprint density at radius 1 is 1.42 bits per heavy atom. The Kier molecular flexibility index (Phi) is 2.98. The lowest BCUT2D eigenvalue weighted by molar-refractivity contribution is 0.0777. The maximum atomic E-state index is 12.5. The molecule has 3 rings (SSSR count). The molecule has 0 aromatic carbocycles. The van der Waals surface area contributed by atoms with Crippen LogP contribution in [0, 0.1) is 6.92 Å². The SMILES string of the molecule is Cc1ccc2c(N)c(C(=O)N3CC=CCC3)sc2n1. The van der Waals surface area contributed by atoms with Crippen molar-refractivity contribution in [3.8, 4) is 0 Å². The number of carbonyl (C=O) groups is 1. The van der Waals surface area contributed by atoms with Crippen LogP contribution in [0.15, 0.2) is 24.3 Å². The van der Waals surface area contributed by atoms with Crippen molar-refractivity contribution in [3.05, 3.63) is 34.9 Å². The smallest absolute Gasteiger partial charge is 0.266 e. The lowest BCUT2D eigenvalue weighted by Crippen LogP contribution is -2.33. The van der Waals surface area contributed by atoms with E-state index in [1.54, 1.807) is 0 Å². The average molecular weight is 273 g/mol. The highest BCUT2D eigenvalue weighted by molar-refractivity contribution is 7.21. The summed E-state index contributed by atoms with van der Waals surface area (Å²) in [6.07, 6.45) is 5.03. The number of pyridine rings is 1. The van der Waals surface area contributed by atoms with Gasteiger partial charge in [0.2, 0.25) is 0 Å². The minimum Gasteiger partial charge on any atom is -0.397 e. The number of anilines is 1. The first-order valence-corrected chi connectivity index (χ1v) is 7.08. The molecular weight excluding hydrogens is 258 g/mol. The zero-order chi connectivity index (χ0) is 13.4. The number of carbonyl (C=O) groups excluding carboxylic acids is 1. The molecule has 0 saturated carbocycles. The molecule has 1 amide bonds. The van der Waals surface area contributed by atoms with E-state index in [0.717, 1.165) is 28.9 Å². The first-order valence-electron chi connectivity index (χ1n) is 6.26. The quantitative estimate of drug-likeness (QED) is 0.812. The molecule has 2 aromatic rings. The third-order valence-corrected chi connectivity index (χ3v) is 4.38. The Morgan fingerprint density at radius 2 is 2.26 bits per heavy atom. The minimum absolute atomic E-state index is 0.0162. The van der Waals surface area contributed by atoms with Crippen molar-refractivity contribution < 1.29 is 4.79 Å². The molecule has 0 spiro atoms. The summed E-state index contributed by atoms with van der Waals surface area (Å²) in [4.78, 5) is 20.2. The number of aryl methyl sites for hydroxylation is 1. The number of nitrogen functional groups attached to an aromatic ring is 1. The molecule has 0 bridgehead atoms. The van der Waals surface area contributed by atoms with Crippen LogP contribution in [0.25, 0.3) is 10.2 Å². The van der Waals surface area contributed by atoms with Crippen LogP contribution >= 0.6 is 11.3 Å². The molecule has 1 aliphatic rings. The zero-order valence-electron chi connectivity index (χ0n) is 10.7. The molecule has 2 aromatic heterocycles. The fourth-order valence-corrected chi connectivity index (χ4v) is 3.33. The fraction of sp³-hybridized carbons (Fsp3) is 0.286. The van der Waals surface area contributed by atoms with Crippen molar-refractivity contribution in [2.24, 2.45) is 0 Å². The summed E-state index contributed by atoms with van der Waals surface area (Å²) in [6.45, 7) is 3.36. The molecule has 1 aliphatic heterocycles. The molecule has 2 N–H and O–H groups in total. The van der Waals surface area contributed by atoms with Gasteiger partial charge >= 0.3 is 0 Å². The van der Waals surface area contributed by atoms with Gasteiger partial charge < -0.3 is 10.6 Å². The van der Waals surface area contributed by atoms with Crippen molar-refractivity contribution in [1.29, 1.82) is 0 Å². The van der Waals surface area contributed by atoms with E-state index < -0.39 is 0 Å². The van der Waals surface area contributed by atoms with Gasteiger partial charge in [-0.15, -0.1) is 11.3 Å². The van der Waals surface area contributed by atoms with E-state index in [-0.39, 0.29) is 5.91 Å². The Bertz CT molecular complexity index is 675. The Hall–Kier alpha value is -1.88. The van der Waals surface area contributed by atoms with Gasteiger partial charge in [0.1, 0.15) is 9.71 Å². The third kappa shape index (κ3) is 2.10. The number of fused-ring (bicyclic) bond motifs is 1. The Labute approximate surface area is 115 Å². The van der Waals surface area contributed by atoms with Crippen LogP contribution in [0.4, 0.5) is 5.69 Å². The van der Waals surface area contributed by atoms with Gasteiger partial charge in [-0.25, -0.2) is 4.98 Å². The predicted molar refractivity (Wildman–Crippen MR) is 78.4 cm³/mol. The normalized spacial score (nSPS) is 15.1. The number of hydrogen-bond donors (Lipinski definition) is 1. The van der Waals surface area contributed by atoms with Gasteiger partial charge in [0, 0.05) is 24.2 Å². The van der Waals surface area contributed by atoms with Crippen LogP contribution < -0.4 is 5.73 Å². The monoisotopic (exact) mass is 273 g/mol. The van der Waals surface area contributed by atoms with E-state index in [4.69, 9.17) is 5.73 Å². The van der Waals surface area contributed by atoms with Gasteiger partial charge in [0.25, 0.3) is 5.91 Å². The maximum Gasteiger partial charge on any atom is 0.266 e. The second-order valence-corrected chi connectivity index (χ2v) is 5.66. The van der Waals surface area contributed by atoms with Gasteiger partial charge in [0.15, 0.2) is 0 Å². The summed E-state index contributed by atoms with van der Waals surface area (Å²) in [5.41, 5.74) is 7.60. The van der Waals surface area contributed by atoms with Crippen LogP contribution in [0.1, 0.15) is 21.8 Å². The molecule has 0 atom stereocenters. The number of rotatable bonds is 1. The first-order chi connectivity index (χ1) is 9.16. The van der Waals surface area contributed by atoms with Crippen LogP contribution in [0.5, 0.6) is 0 Å². The largest absolute Gasteiger partial charge is 0.397 e. The van der Waals surface area contributed by atoms with Crippen molar-refractivity contribution in [2.45, 2.75) is 13.3 Å². The molecule has 0 unspecified atom stereocenters. The molecule has 0 aliphatic carbocycles. The standard InChI is InChI=1S/C14H15N3OS/c1-9-5-6-10-11(15)12(19-13(10)16-9)14(18)17-7-3-2-4-8-17/h2-3,5-6H,4,7-8,15H2,1H3. The predicted octanol–water partition coefficient (Wildman–Crippen LogP) is 2.59. The van der Waals surface area contributed by atoms with Gasteiger partial charge in [-0.3, -0.25) is 4.79 Å². The second-order valence-electron chi connectivity index (χ2n) is 4.66. The van der Waals surface area contributed by atoms with Crippen LogP contribution in [-0.4, -0.2) is 28.9 Å². The van der Waals surface area contributed by atoms with Crippen LogP contribution in [0.3, 0.4) is 0 Å². The molecule has 4 nitrogen and oxygen atoms in total. The van der Waals surface area contributed by atoms with Crippen molar-refractivity contribution in [2.75, 3.05) is 18.8 Å². The summed E-state index contributed by atoms with van der Waals surface area (Å²) in [5, 5.41) is 0.881. The van der Waals surface area contributed by atoms with Gasteiger partial charge in [-0.2, -0.15) is 0 Å². The highest BCUT2D eigenvalue weighted by Gasteiger charge is 2.22. The molecule has 0 fully saturated rings. The summed E-state index contributed by atoms with van der Waals surface area (Å²) in [7, 11) is 0. The second kappa shape index (κ2) is 4.66. The van der Waals surface area contributed by atoms with E-state index >= 15 is 0 Å². The van der Waals surface area contributed by atoms with E-state index in [2.05, 4.69) is 11.1 Å². The van der Waals surface area contributed by atoms with E-state index in [1.807, 2.05) is 30.0 Å². The highest BCUT2D eigenvalue weighted by atomic mass is 32.1. The molecule has 0 radical (unpaired) electrons. The average Bonchev–Trinajstić information content (AvgIpc) is 2.75. The van der Waals surface area contributed by atoms with Crippen LogP contribution in [0.2, 0.25) is 0 Å². The van der Waals surface area contributed by atoms with Gasteiger partial charge in [-0.1, -0.05) is 12.2 Å². The molecule has 3 heterocycles. The lowest BCUT2D eigenvalue weighted by Gasteiger charge is -2.22. The number of thiophene rings is 1. The lowest BCUT2D eigenvalue weighted by atomic mass is 10.2. The summed E-state index contributed by atoms with van der Waals surface area (Å²) < 4.78 is 0. The maximum absolute atomic E-state index is 12.5. The Morgan fingerprint density at radius 3 is 3.00 bits per heavy atom. The van der Waals surface area contributed by atoms with E-state index in [0.29, 0.717) is 17.1 Å².